The molecule has 20 heavy (non-hydrogen) atoms. The molecule has 0 spiro atoms. The fourth-order valence-electron chi connectivity index (χ4n) is 2.46. The predicted molar refractivity (Wildman–Crippen MR) is 75.6 cm³/mol. The normalized spacial score (nSPS) is 21.9. The van der Waals surface area contributed by atoms with E-state index in [0.29, 0.717) is 13.2 Å². The average Bonchev–Trinajstić information content (AvgIpc) is 2.89. The standard InChI is InChI=1S/C14H18ClFN2O2/c1-20-9-14(5-2-6-18-14)8-17-13(19)10-3-4-11(15)12(16)7-10/h3-4,7,18H,2,5-6,8-9H2,1H3,(H,17,19). The number of amides is 1. The van der Waals surface area contributed by atoms with Gasteiger partial charge in [-0.3, -0.25) is 4.79 Å². The van der Waals surface area contributed by atoms with Gasteiger partial charge in [0.15, 0.2) is 0 Å². The van der Waals surface area contributed by atoms with E-state index in [1.54, 1.807) is 7.11 Å². The molecule has 110 valence electrons. The van der Waals surface area contributed by atoms with Crippen LogP contribution in [-0.2, 0) is 4.74 Å². The number of ether oxygens (including phenoxy) is 1. The van der Waals surface area contributed by atoms with Crippen LogP contribution in [0.1, 0.15) is 23.2 Å². The van der Waals surface area contributed by atoms with Gasteiger partial charge >= 0.3 is 0 Å². The van der Waals surface area contributed by atoms with Crippen LogP contribution in [0.15, 0.2) is 18.2 Å². The number of carbonyl (C=O) groups excluding carboxylic acids is 1. The van der Waals surface area contributed by atoms with E-state index in [9.17, 15) is 9.18 Å². The zero-order valence-corrected chi connectivity index (χ0v) is 12.1. The van der Waals surface area contributed by atoms with Gasteiger partial charge in [-0.15, -0.1) is 0 Å². The molecule has 1 saturated heterocycles. The molecule has 1 unspecified atom stereocenters. The van der Waals surface area contributed by atoms with Gasteiger partial charge in [-0.25, -0.2) is 4.39 Å². The molecule has 1 atom stereocenters. The summed E-state index contributed by atoms with van der Waals surface area (Å²) in [6.45, 7) is 1.89. The third-order valence-electron chi connectivity index (χ3n) is 3.52. The first kappa shape index (κ1) is 15.2. The van der Waals surface area contributed by atoms with Gasteiger partial charge in [0.25, 0.3) is 5.91 Å². The second-order valence-corrected chi connectivity index (χ2v) is 5.46. The molecule has 0 saturated carbocycles. The van der Waals surface area contributed by atoms with E-state index in [2.05, 4.69) is 10.6 Å². The summed E-state index contributed by atoms with van der Waals surface area (Å²) in [5, 5.41) is 6.19. The summed E-state index contributed by atoms with van der Waals surface area (Å²) < 4.78 is 18.5. The van der Waals surface area contributed by atoms with E-state index < -0.39 is 5.82 Å². The number of hydrogen-bond acceptors (Lipinski definition) is 3. The van der Waals surface area contributed by atoms with Crippen LogP contribution in [0.3, 0.4) is 0 Å². The Labute approximate surface area is 122 Å². The van der Waals surface area contributed by atoms with Crippen molar-refractivity contribution < 1.29 is 13.9 Å². The van der Waals surface area contributed by atoms with Crippen molar-refractivity contribution in [2.24, 2.45) is 0 Å². The first-order chi connectivity index (χ1) is 9.56. The minimum atomic E-state index is -0.593. The predicted octanol–water partition coefficient (Wildman–Crippen LogP) is 1.98. The lowest BCUT2D eigenvalue weighted by Gasteiger charge is -2.28. The summed E-state index contributed by atoms with van der Waals surface area (Å²) >= 11 is 5.60. The van der Waals surface area contributed by atoms with E-state index >= 15 is 0 Å². The van der Waals surface area contributed by atoms with Crippen LogP contribution in [0.4, 0.5) is 4.39 Å². The van der Waals surface area contributed by atoms with Gasteiger partial charge in [0.2, 0.25) is 0 Å². The fourth-order valence-corrected chi connectivity index (χ4v) is 2.58. The van der Waals surface area contributed by atoms with Gasteiger partial charge in [0.1, 0.15) is 5.82 Å². The fraction of sp³-hybridized carbons (Fsp3) is 0.500. The number of halogens is 2. The number of methoxy groups -OCH3 is 1. The molecule has 0 aliphatic carbocycles. The minimum absolute atomic E-state index is 0.00913. The number of carbonyl (C=O) groups is 1. The first-order valence-corrected chi connectivity index (χ1v) is 6.91. The summed E-state index contributed by atoms with van der Waals surface area (Å²) in [6.07, 6.45) is 1.99. The average molecular weight is 301 g/mol. The van der Waals surface area contributed by atoms with Crippen LogP contribution in [-0.4, -0.2) is 38.3 Å². The molecular weight excluding hydrogens is 283 g/mol. The van der Waals surface area contributed by atoms with Crippen molar-refractivity contribution in [1.82, 2.24) is 10.6 Å². The third kappa shape index (κ3) is 3.48. The lowest BCUT2D eigenvalue weighted by molar-refractivity contribution is 0.0892. The van der Waals surface area contributed by atoms with Crippen LogP contribution < -0.4 is 10.6 Å². The number of benzene rings is 1. The largest absolute Gasteiger partial charge is 0.383 e. The van der Waals surface area contributed by atoms with Crippen molar-refractivity contribution in [1.29, 1.82) is 0 Å². The van der Waals surface area contributed by atoms with Crippen molar-refractivity contribution in [2.45, 2.75) is 18.4 Å². The highest BCUT2D eigenvalue weighted by molar-refractivity contribution is 6.30. The second kappa shape index (κ2) is 6.52. The highest BCUT2D eigenvalue weighted by atomic mass is 35.5. The molecule has 1 aromatic carbocycles. The highest BCUT2D eigenvalue weighted by Crippen LogP contribution is 2.19. The Bertz CT molecular complexity index is 490. The maximum atomic E-state index is 13.3. The zero-order valence-electron chi connectivity index (χ0n) is 11.3. The molecule has 2 rings (SSSR count). The topological polar surface area (TPSA) is 50.4 Å². The lowest BCUT2D eigenvalue weighted by Crippen LogP contribution is -2.53. The smallest absolute Gasteiger partial charge is 0.251 e. The van der Waals surface area contributed by atoms with Crippen molar-refractivity contribution in [2.75, 3.05) is 26.8 Å². The van der Waals surface area contributed by atoms with Gasteiger partial charge in [0, 0.05) is 19.2 Å². The van der Waals surface area contributed by atoms with E-state index in [1.165, 1.54) is 12.1 Å². The Hall–Kier alpha value is -1.17. The van der Waals surface area contributed by atoms with Crippen molar-refractivity contribution >= 4 is 17.5 Å². The van der Waals surface area contributed by atoms with Crippen molar-refractivity contribution in [3.63, 3.8) is 0 Å². The summed E-state index contributed by atoms with van der Waals surface area (Å²) in [5.74, 6) is -0.908. The van der Waals surface area contributed by atoms with E-state index in [0.717, 1.165) is 25.5 Å². The van der Waals surface area contributed by atoms with Crippen molar-refractivity contribution in [3.8, 4) is 0 Å². The van der Waals surface area contributed by atoms with Gasteiger partial charge in [-0.2, -0.15) is 0 Å². The van der Waals surface area contributed by atoms with E-state index in [4.69, 9.17) is 16.3 Å². The Morgan fingerprint density at radius 1 is 1.60 bits per heavy atom. The minimum Gasteiger partial charge on any atom is -0.383 e. The molecule has 1 fully saturated rings. The Kier molecular flexibility index (Phi) is 4.96. The molecule has 2 N–H and O–H groups in total. The van der Waals surface area contributed by atoms with Crippen LogP contribution in [0, 0.1) is 5.82 Å². The molecule has 0 bridgehead atoms. The molecule has 1 aliphatic heterocycles. The molecule has 1 heterocycles. The van der Waals surface area contributed by atoms with Gasteiger partial charge in [-0.05, 0) is 37.6 Å². The summed E-state index contributed by atoms with van der Waals surface area (Å²) in [5.41, 5.74) is 0.0347. The third-order valence-corrected chi connectivity index (χ3v) is 3.83. The molecule has 0 radical (unpaired) electrons. The lowest BCUT2D eigenvalue weighted by atomic mass is 9.98. The van der Waals surface area contributed by atoms with Gasteiger partial charge in [-0.1, -0.05) is 11.6 Å². The van der Waals surface area contributed by atoms with Gasteiger partial charge < -0.3 is 15.4 Å². The molecule has 4 nitrogen and oxygen atoms in total. The summed E-state index contributed by atoms with van der Waals surface area (Å²) in [4.78, 5) is 12.0. The van der Waals surface area contributed by atoms with Crippen LogP contribution in [0.2, 0.25) is 5.02 Å². The second-order valence-electron chi connectivity index (χ2n) is 5.06. The molecule has 0 aromatic heterocycles. The first-order valence-electron chi connectivity index (χ1n) is 6.53. The van der Waals surface area contributed by atoms with Gasteiger partial charge in [0.05, 0.1) is 17.2 Å². The maximum absolute atomic E-state index is 13.3. The van der Waals surface area contributed by atoms with Crippen molar-refractivity contribution in [3.05, 3.63) is 34.6 Å². The van der Waals surface area contributed by atoms with Crippen LogP contribution in [0.5, 0.6) is 0 Å². The Morgan fingerprint density at radius 3 is 3.00 bits per heavy atom. The van der Waals surface area contributed by atoms with Crippen LogP contribution >= 0.6 is 11.6 Å². The number of rotatable bonds is 5. The SMILES string of the molecule is COCC1(CNC(=O)c2ccc(Cl)c(F)c2)CCCN1. The van der Waals surface area contributed by atoms with Crippen LogP contribution in [0.25, 0.3) is 0 Å². The number of nitrogens with one attached hydrogen (secondary N) is 2. The molecule has 1 aliphatic rings. The maximum Gasteiger partial charge on any atom is 0.251 e. The quantitative estimate of drug-likeness (QED) is 0.874. The summed E-state index contributed by atoms with van der Waals surface area (Å²) in [6, 6.07) is 4.03. The molecule has 6 heteroatoms. The Balaban J connectivity index is 1.98. The molecular formula is C14H18ClFN2O2. The zero-order chi connectivity index (χ0) is 14.6. The molecule has 1 aromatic rings. The highest BCUT2D eigenvalue weighted by Gasteiger charge is 2.33. The number of hydrogen-bond donors (Lipinski definition) is 2. The summed E-state index contributed by atoms with van der Waals surface area (Å²) in [7, 11) is 1.64. The van der Waals surface area contributed by atoms with E-state index in [1.807, 2.05) is 0 Å². The Morgan fingerprint density at radius 2 is 2.40 bits per heavy atom. The van der Waals surface area contributed by atoms with E-state index in [-0.39, 0.29) is 22.0 Å². The monoisotopic (exact) mass is 300 g/mol. The molecule has 1 amide bonds.